The van der Waals surface area contributed by atoms with Crippen molar-refractivity contribution in [2.45, 2.75) is 18.9 Å². The lowest BCUT2D eigenvalue weighted by atomic mass is 10.0. The summed E-state index contributed by atoms with van der Waals surface area (Å²) in [5.41, 5.74) is 1.20. The van der Waals surface area contributed by atoms with Crippen LogP contribution in [0.2, 0.25) is 0 Å². The number of aromatic nitrogens is 4. The minimum atomic E-state index is -0.392. The number of hydrogen-bond donors (Lipinski definition) is 1. The highest BCUT2D eigenvalue weighted by molar-refractivity contribution is 5.93. The number of urea groups is 1. The number of fused-ring (bicyclic) bond motifs is 1. The van der Waals surface area contributed by atoms with E-state index in [1.807, 2.05) is 6.07 Å². The number of nitrogens with zero attached hydrogens (tertiary/aromatic N) is 6. The lowest BCUT2D eigenvalue weighted by molar-refractivity contribution is 0.156. The summed E-state index contributed by atoms with van der Waals surface area (Å²) < 4.78 is 16.1. The molecular weight excluding hydrogens is 373 g/mol. The fraction of sp³-hybridized carbons (Fsp3) is 0.400. The van der Waals surface area contributed by atoms with E-state index >= 15 is 0 Å². The van der Waals surface area contributed by atoms with Crippen molar-refractivity contribution in [3.63, 3.8) is 0 Å². The molecule has 3 heterocycles. The highest BCUT2D eigenvalue weighted by Crippen LogP contribution is 2.27. The van der Waals surface area contributed by atoms with Crippen LogP contribution in [0.5, 0.6) is 0 Å². The maximum Gasteiger partial charge on any atom is 0.323 e. The second kappa shape index (κ2) is 7.75. The van der Waals surface area contributed by atoms with Crippen LogP contribution >= 0.6 is 0 Å². The third-order valence-corrected chi connectivity index (χ3v) is 5.48. The number of nitrogens with one attached hydrogen (secondary N) is 1. The van der Waals surface area contributed by atoms with Gasteiger partial charge in [-0.3, -0.25) is 10.00 Å². The lowest BCUT2D eigenvalue weighted by Gasteiger charge is -2.34. The third kappa shape index (κ3) is 4.04. The minimum Gasteiger partial charge on any atom is -0.324 e. The molecule has 0 saturated carbocycles. The van der Waals surface area contributed by atoms with Crippen molar-refractivity contribution in [1.29, 1.82) is 0 Å². The Kier molecular flexibility index (Phi) is 5.14. The maximum atomic E-state index is 14.5. The normalized spacial score (nSPS) is 15.6. The molecule has 1 N–H and O–H groups in total. The SMILES string of the molecule is CN1CCC(N(C)C(=O)Nc2cc3cc(-c4cn(C)nn4)cc(F)c3cn2)CC1. The number of hydrogen-bond acceptors (Lipinski definition) is 5. The van der Waals surface area contributed by atoms with Crippen LogP contribution in [-0.2, 0) is 7.05 Å². The van der Waals surface area contributed by atoms with Crippen molar-refractivity contribution in [2.24, 2.45) is 7.05 Å². The van der Waals surface area contributed by atoms with E-state index < -0.39 is 5.82 Å². The highest BCUT2D eigenvalue weighted by atomic mass is 19.1. The molecule has 0 aliphatic carbocycles. The molecule has 2 aromatic heterocycles. The van der Waals surface area contributed by atoms with Gasteiger partial charge in [0.25, 0.3) is 0 Å². The molecule has 0 unspecified atom stereocenters. The van der Waals surface area contributed by atoms with Crippen LogP contribution in [0.3, 0.4) is 0 Å². The van der Waals surface area contributed by atoms with E-state index in [4.69, 9.17) is 0 Å². The Morgan fingerprint density at radius 2 is 2.00 bits per heavy atom. The van der Waals surface area contributed by atoms with E-state index in [0.29, 0.717) is 27.8 Å². The van der Waals surface area contributed by atoms with Gasteiger partial charge in [-0.05, 0) is 56.6 Å². The smallest absolute Gasteiger partial charge is 0.323 e. The number of amides is 2. The standard InChI is InChI=1S/C20H24FN7O/c1-26-6-4-15(5-7-26)28(3)20(29)23-19-10-13-8-14(18-12-27(2)25-24-18)9-17(21)16(13)11-22-19/h8-12,15H,4-7H2,1-3H3,(H,22,23,29). The van der Waals surface area contributed by atoms with Gasteiger partial charge in [0.15, 0.2) is 0 Å². The second-order valence-corrected chi connectivity index (χ2v) is 7.60. The molecule has 0 spiro atoms. The van der Waals surface area contributed by atoms with Crippen LogP contribution in [0.4, 0.5) is 15.0 Å². The van der Waals surface area contributed by atoms with E-state index in [2.05, 4.69) is 32.6 Å². The molecule has 0 radical (unpaired) electrons. The number of pyridine rings is 1. The first-order valence-corrected chi connectivity index (χ1v) is 9.59. The molecule has 0 atom stereocenters. The predicted molar refractivity (Wildman–Crippen MR) is 109 cm³/mol. The predicted octanol–water partition coefficient (Wildman–Crippen LogP) is 2.73. The van der Waals surface area contributed by atoms with Gasteiger partial charge in [0.1, 0.15) is 17.3 Å². The Balaban J connectivity index is 1.55. The fourth-order valence-corrected chi connectivity index (χ4v) is 3.66. The summed E-state index contributed by atoms with van der Waals surface area (Å²) in [5.74, 6) is -0.00468. The Bertz CT molecular complexity index is 1040. The van der Waals surface area contributed by atoms with Crippen LogP contribution in [0, 0.1) is 5.82 Å². The molecule has 1 saturated heterocycles. The van der Waals surface area contributed by atoms with Gasteiger partial charge in [-0.1, -0.05) is 5.21 Å². The highest BCUT2D eigenvalue weighted by Gasteiger charge is 2.24. The molecule has 9 heteroatoms. The molecule has 1 aliphatic rings. The van der Waals surface area contributed by atoms with Crippen molar-refractivity contribution in [1.82, 2.24) is 29.8 Å². The molecule has 2 amide bonds. The van der Waals surface area contributed by atoms with Crippen molar-refractivity contribution < 1.29 is 9.18 Å². The van der Waals surface area contributed by atoms with E-state index in [1.54, 1.807) is 35.9 Å². The van der Waals surface area contributed by atoms with Crippen LogP contribution in [-0.4, -0.2) is 69.0 Å². The van der Waals surface area contributed by atoms with Crippen LogP contribution in [0.1, 0.15) is 12.8 Å². The Morgan fingerprint density at radius 3 is 2.69 bits per heavy atom. The van der Waals surface area contributed by atoms with Crippen molar-refractivity contribution >= 4 is 22.6 Å². The van der Waals surface area contributed by atoms with Crippen molar-refractivity contribution in [3.8, 4) is 11.3 Å². The van der Waals surface area contributed by atoms with E-state index in [9.17, 15) is 9.18 Å². The number of rotatable bonds is 3. The monoisotopic (exact) mass is 397 g/mol. The third-order valence-electron chi connectivity index (χ3n) is 5.48. The second-order valence-electron chi connectivity index (χ2n) is 7.60. The van der Waals surface area contributed by atoms with Gasteiger partial charge in [-0.15, -0.1) is 5.10 Å². The lowest BCUT2D eigenvalue weighted by Crippen LogP contribution is -2.46. The number of benzene rings is 1. The van der Waals surface area contributed by atoms with Crippen molar-refractivity contribution in [3.05, 3.63) is 36.4 Å². The molecule has 1 fully saturated rings. The largest absolute Gasteiger partial charge is 0.324 e. The molecule has 152 valence electrons. The van der Waals surface area contributed by atoms with Crippen LogP contribution < -0.4 is 5.32 Å². The molecule has 1 aliphatic heterocycles. The first kappa shape index (κ1) is 19.3. The number of piperidine rings is 1. The number of carbonyl (C=O) groups is 1. The van der Waals surface area contributed by atoms with Gasteiger partial charge in [0.05, 0.1) is 6.20 Å². The summed E-state index contributed by atoms with van der Waals surface area (Å²) in [7, 11) is 5.65. The summed E-state index contributed by atoms with van der Waals surface area (Å²) in [5, 5.41) is 11.8. The topological polar surface area (TPSA) is 79.2 Å². The Labute approximate surface area is 168 Å². The molecule has 3 aromatic rings. The minimum absolute atomic E-state index is 0.201. The fourth-order valence-electron chi connectivity index (χ4n) is 3.66. The number of likely N-dealkylation sites (tertiary alicyclic amines) is 1. The van der Waals surface area contributed by atoms with Gasteiger partial charge >= 0.3 is 6.03 Å². The van der Waals surface area contributed by atoms with Gasteiger partial charge in [0, 0.05) is 37.3 Å². The maximum absolute atomic E-state index is 14.5. The zero-order valence-electron chi connectivity index (χ0n) is 16.8. The molecule has 4 rings (SSSR count). The van der Waals surface area contributed by atoms with Crippen molar-refractivity contribution in [2.75, 3.05) is 32.5 Å². The average Bonchev–Trinajstić information content (AvgIpc) is 3.14. The first-order valence-electron chi connectivity index (χ1n) is 9.59. The zero-order valence-corrected chi connectivity index (χ0v) is 16.8. The number of anilines is 1. The first-order chi connectivity index (χ1) is 13.9. The van der Waals surface area contributed by atoms with Crippen LogP contribution in [0.25, 0.3) is 22.0 Å². The average molecular weight is 397 g/mol. The van der Waals surface area contributed by atoms with E-state index in [1.165, 1.54) is 12.3 Å². The van der Waals surface area contributed by atoms with E-state index in [-0.39, 0.29) is 12.1 Å². The molecule has 0 bridgehead atoms. The summed E-state index contributed by atoms with van der Waals surface area (Å²) in [6.07, 6.45) is 5.05. The van der Waals surface area contributed by atoms with Gasteiger partial charge in [-0.2, -0.15) is 0 Å². The number of aryl methyl sites for hydroxylation is 1. The molecule has 8 nitrogen and oxygen atoms in total. The summed E-state index contributed by atoms with van der Waals surface area (Å²) in [4.78, 5) is 20.9. The zero-order chi connectivity index (χ0) is 20.5. The number of carbonyl (C=O) groups excluding carboxylic acids is 1. The van der Waals surface area contributed by atoms with Crippen LogP contribution in [0.15, 0.2) is 30.6 Å². The Morgan fingerprint density at radius 1 is 1.24 bits per heavy atom. The van der Waals surface area contributed by atoms with Gasteiger partial charge in [-0.25, -0.2) is 14.2 Å². The molecule has 29 heavy (non-hydrogen) atoms. The summed E-state index contributed by atoms with van der Waals surface area (Å²) in [6, 6.07) is 4.91. The molecular formula is C20H24FN7O. The Hall–Kier alpha value is -3.07. The summed E-state index contributed by atoms with van der Waals surface area (Å²) >= 11 is 0. The van der Waals surface area contributed by atoms with Gasteiger partial charge in [0.2, 0.25) is 0 Å². The summed E-state index contributed by atoms with van der Waals surface area (Å²) in [6.45, 7) is 1.95. The van der Waals surface area contributed by atoms with E-state index in [0.717, 1.165) is 25.9 Å². The number of halogens is 1. The van der Waals surface area contributed by atoms with Gasteiger partial charge < -0.3 is 9.80 Å². The quantitative estimate of drug-likeness (QED) is 0.735. The molecule has 1 aromatic carbocycles.